The average Bonchev–Trinajstić information content (AvgIpc) is 2.85. The van der Waals surface area contributed by atoms with Crippen LogP contribution in [0.2, 0.25) is 5.02 Å². The molecule has 0 amide bonds. The highest BCUT2D eigenvalue weighted by Gasteiger charge is 2.20. The van der Waals surface area contributed by atoms with Gasteiger partial charge in [0.2, 0.25) is 0 Å². The van der Waals surface area contributed by atoms with Crippen LogP contribution in [0.1, 0.15) is 16.8 Å². The summed E-state index contributed by atoms with van der Waals surface area (Å²) in [4.78, 5) is 4.52. The van der Waals surface area contributed by atoms with E-state index in [1.165, 1.54) is 22.7 Å². The second-order valence-corrected chi connectivity index (χ2v) is 5.98. The van der Waals surface area contributed by atoms with E-state index in [2.05, 4.69) is 20.9 Å². The number of nitrogens with one attached hydrogen (secondary N) is 1. The molecule has 3 nitrogen and oxygen atoms in total. The molecule has 128 valence electrons. The Bertz CT molecular complexity index is 864. The molecule has 3 aromatic rings. The highest BCUT2D eigenvalue weighted by atomic mass is 35.5. The summed E-state index contributed by atoms with van der Waals surface area (Å²) in [6.07, 6.45) is 2.77. The molecular weight excluding hydrogens is 372 g/mol. The Hall–Kier alpha value is -1.33. The summed E-state index contributed by atoms with van der Waals surface area (Å²) in [7, 11) is 0. The topological polar surface area (TPSA) is 29.9 Å². The van der Waals surface area contributed by atoms with Gasteiger partial charge in [-0.3, -0.25) is 0 Å². The number of halogens is 4. The van der Waals surface area contributed by atoms with E-state index in [9.17, 15) is 4.39 Å². The zero-order valence-corrected chi connectivity index (χ0v) is 15.1. The van der Waals surface area contributed by atoms with Gasteiger partial charge >= 0.3 is 0 Å². The lowest BCUT2D eigenvalue weighted by Crippen LogP contribution is -2.25. The highest BCUT2D eigenvalue weighted by Crippen LogP contribution is 2.28. The number of benzene rings is 1. The molecule has 0 spiro atoms. The molecule has 0 unspecified atom stereocenters. The Labute approximate surface area is 157 Å². The third-order valence-electron chi connectivity index (χ3n) is 4.23. The predicted molar refractivity (Wildman–Crippen MR) is 100 cm³/mol. The summed E-state index contributed by atoms with van der Waals surface area (Å²) in [5.74, 6) is -0.275. The van der Waals surface area contributed by atoms with Gasteiger partial charge in [-0.25, -0.2) is 9.37 Å². The molecule has 0 saturated heterocycles. The van der Waals surface area contributed by atoms with Crippen LogP contribution in [0.15, 0.2) is 36.5 Å². The van der Waals surface area contributed by atoms with Gasteiger partial charge in [0.15, 0.2) is 0 Å². The molecule has 0 radical (unpaired) electrons. The largest absolute Gasteiger partial charge is 0.324 e. The van der Waals surface area contributed by atoms with Crippen molar-refractivity contribution < 1.29 is 4.39 Å². The maximum atomic E-state index is 14.1. The van der Waals surface area contributed by atoms with Crippen molar-refractivity contribution in [1.82, 2.24) is 14.9 Å². The predicted octanol–water partition coefficient (Wildman–Crippen LogP) is 4.37. The average molecular weight is 389 g/mol. The van der Waals surface area contributed by atoms with Crippen molar-refractivity contribution in [3.05, 3.63) is 64.2 Å². The Morgan fingerprint density at radius 2 is 2.08 bits per heavy atom. The van der Waals surface area contributed by atoms with E-state index in [0.29, 0.717) is 17.1 Å². The van der Waals surface area contributed by atoms with Crippen LogP contribution in [-0.4, -0.2) is 16.1 Å². The number of hydrogen-bond donors (Lipinski definition) is 1. The fourth-order valence-electron chi connectivity index (χ4n) is 3.19. The van der Waals surface area contributed by atoms with Crippen LogP contribution in [0, 0.1) is 5.82 Å². The van der Waals surface area contributed by atoms with Crippen LogP contribution in [0.4, 0.5) is 4.39 Å². The first kappa shape index (κ1) is 19.0. The molecular formula is C17H17Cl3FN3. The lowest BCUT2D eigenvalue weighted by molar-refractivity contribution is 0.577. The number of rotatable bonds is 2. The Morgan fingerprint density at radius 1 is 1.25 bits per heavy atom. The maximum absolute atomic E-state index is 14.1. The van der Waals surface area contributed by atoms with E-state index < -0.39 is 0 Å². The van der Waals surface area contributed by atoms with Gasteiger partial charge in [-0.05, 0) is 42.8 Å². The van der Waals surface area contributed by atoms with E-state index in [1.807, 2.05) is 6.07 Å². The quantitative estimate of drug-likeness (QED) is 0.706. The van der Waals surface area contributed by atoms with Crippen molar-refractivity contribution in [3.63, 3.8) is 0 Å². The van der Waals surface area contributed by atoms with Gasteiger partial charge in [-0.1, -0.05) is 17.7 Å². The van der Waals surface area contributed by atoms with E-state index in [-0.39, 0.29) is 30.6 Å². The summed E-state index contributed by atoms with van der Waals surface area (Å²) >= 11 is 5.84. The minimum atomic E-state index is -0.275. The summed E-state index contributed by atoms with van der Waals surface area (Å²) in [6, 6.07) is 8.89. The minimum absolute atomic E-state index is 0. The van der Waals surface area contributed by atoms with Crippen LogP contribution in [0.3, 0.4) is 0 Å². The standard InChI is InChI=1S/C17H15ClFN3.2ClH/c18-12-4-3-11(15(19)8-12)10-22-16-9-20-7-5-13(16)14-2-1-6-21-17(14)22;;/h1-4,6,8,20H,5,7,9-10H2;2*1H. The first-order valence-corrected chi connectivity index (χ1v) is 7.71. The zero-order valence-electron chi connectivity index (χ0n) is 12.8. The SMILES string of the molecule is Cl.Cl.Fc1cc(Cl)ccc1Cn1c2c(c3cccnc31)CCNC2. The molecule has 1 N–H and O–H groups in total. The van der Waals surface area contributed by atoms with Gasteiger partial charge < -0.3 is 9.88 Å². The molecule has 3 heterocycles. The zero-order chi connectivity index (χ0) is 15.1. The summed E-state index contributed by atoms with van der Waals surface area (Å²) in [6.45, 7) is 2.23. The van der Waals surface area contributed by atoms with Crippen LogP contribution >= 0.6 is 36.4 Å². The highest BCUT2D eigenvalue weighted by molar-refractivity contribution is 6.30. The number of aromatic nitrogens is 2. The fourth-order valence-corrected chi connectivity index (χ4v) is 3.34. The molecule has 0 aliphatic carbocycles. The normalized spacial score (nSPS) is 13.1. The van der Waals surface area contributed by atoms with Gasteiger partial charge in [-0.2, -0.15) is 0 Å². The maximum Gasteiger partial charge on any atom is 0.140 e. The van der Waals surface area contributed by atoms with E-state index >= 15 is 0 Å². The molecule has 1 aliphatic heterocycles. The first-order valence-electron chi connectivity index (χ1n) is 7.33. The first-order chi connectivity index (χ1) is 10.7. The number of nitrogens with zero attached hydrogens (tertiary/aromatic N) is 2. The van der Waals surface area contributed by atoms with Crippen molar-refractivity contribution in [2.45, 2.75) is 19.5 Å². The third-order valence-corrected chi connectivity index (χ3v) is 4.46. The summed E-state index contributed by atoms with van der Waals surface area (Å²) in [5.41, 5.74) is 4.08. The number of pyridine rings is 1. The van der Waals surface area contributed by atoms with Gasteiger partial charge in [0.05, 0.1) is 6.54 Å². The van der Waals surface area contributed by atoms with E-state index in [0.717, 1.165) is 25.2 Å². The minimum Gasteiger partial charge on any atom is -0.324 e. The third kappa shape index (κ3) is 3.24. The van der Waals surface area contributed by atoms with Crippen LogP contribution in [0.25, 0.3) is 11.0 Å². The van der Waals surface area contributed by atoms with Crippen molar-refractivity contribution in [2.24, 2.45) is 0 Å². The molecule has 0 bridgehead atoms. The number of hydrogen-bond acceptors (Lipinski definition) is 2. The van der Waals surface area contributed by atoms with Crippen LogP contribution in [0.5, 0.6) is 0 Å². The van der Waals surface area contributed by atoms with Crippen molar-refractivity contribution >= 4 is 47.4 Å². The lowest BCUT2D eigenvalue weighted by atomic mass is 10.1. The molecule has 0 fully saturated rings. The number of fused-ring (bicyclic) bond motifs is 3. The molecule has 0 saturated carbocycles. The second-order valence-electron chi connectivity index (χ2n) is 5.55. The molecule has 2 aromatic heterocycles. The molecule has 0 atom stereocenters. The second kappa shape index (κ2) is 7.70. The Kier molecular flexibility index (Phi) is 6.10. The lowest BCUT2D eigenvalue weighted by Gasteiger charge is -2.17. The van der Waals surface area contributed by atoms with Crippen LogP contribution in [-0.2, 0) is 19.5 Å². The van der Waals surface area contributed by atoms with E-state index in [1.54, 1.807) is 18.3 Å². The molecule has 24 heavy (non-hydrogen) atoms. The molecule has 1 aromatic carbocycles. The molecule has 7 heteroatoms. The fraction of sp³-hybridized carbons (Fsp3) is 0.235. The summed E-state index contributed by atoms with van der Waals surface area (Å²) in [5, 5.41) is 4.98. The van der Waals surface area contributed by atoms with Crippen LogP contribution < -0.4 is 5.32 Å². The Balaban J connectivity index is 0.00000104. The van der Waals surface area contributed by atoms with Gasteiger partial charge in [0.25, 0.3) is 0 Å². The molecule has 1 aliphatic rings. The molecule has 4 rings (SSSR count). The van der Waals surface area contributed by atoms with Gasteiger partial charge in [0.1, 0.15) is 11.5 Å². The van der Waals surface area contributed by atoms with Crippen molar-refractivity contribution in [2.75, 3.05) is 6.54 Å². The monoisotopic (exact) mass is 387 g/mol. The van der Waals surface area contributed by atoms with Crippen molar-refractivity contribution in [1.29, 1.82) is 0 Å². The smallest absolute Gasteiger partial charge is 0.140 e. The van der Waals surface area contributed by atoms with Gasteiger partial charge in [-0.15, -0.1) is 24.8 Å². The van der Waals surface area contributed by atoms with E-state index in [4.69, 9.17) is 11.6 Å². The van der Waals surface area contributed by atoms with Crippen molar-refractivity contribution in [3.8, 4) is 0 Å². The van der Waals surface area contributed by atoms with Gasteiger partial charge in [0, 0.05) is 34.4 Å². The summed E-state index contributed by atoms with van der Waals surface area (Å²) < 4.78 is 16.3. The Morgan fingerprint density at radius 3 is 2.88 bits per heavy atom.